The topological polar surface area (TPSA) is 54.5 Å². The van der Waals surface area contributed by atoms with Gasteiger partial charge in [-0.2, -0.15) is 0 Å². The molecule has 0 fully saturated rings. The summed E-state index contributed by atoms with van der Waals surface area (Å²) in [5, 5.41) is 4.13. The molecule has 1 aromatic heterocycles. The lowest BCUT2D eigenvalue weighted by Crippen LogP contribution is -2.26. The number of benzene rings is 3. The maximum Gasteiger partial charge on any atom is 0.254 e. The van der Waals surface area contributed by atoms with Gasteiger partial charge in [0.2, 0.25) is 0 Å². The number of amides is 1. The molecule has 3 aromatic carbocycles. The normalized spacial score (nSPS) is 10.6. The van der Waals surface area contributed by atoms with E-state index in [2.05, 4.69) is 10.3 Å². The highest BCUT2D eigenvalue weighted by Gasteiger charge is 2.17. The highest BCUT2D eigenvalue weighted by atomic mass is 16.5. The first-order chi connectivity index (χ1) is 14.6. The van der Waals surface area contributed by atoms with Crippen LogP contribution in [0, 0.1) is 0 Å². The van der Waals surface area contributed by atoms with E-state index in [9.17, 15) is 4.79 Å². The molecule has 0 unspecified atom stereocenters. The van der Waals surface area contributed by atoms with E-state index in [0.717, 1.165) is 27.9 Å². The maximum absolute atomic E-state index is 13.3. The largest absolute Gasteiger partial charge is 0.497 e. The third kappa shape index (κ3) is 4.25. The Hall–Kier alpha value is -3.86. The average Bonchev–Trinajstić information content (AvgIpc) is 2.79. The number of hydrogen-bond acceptors (Lipinski definition) is 4. The third-order valence-electron chi connectivity index (χ3n) is 4.92. The second-order valence-corrected chi connectivity index (χ2v) is 7.07. The number of para-hydroxylation sites is 1. The molecule has 0 bridgehead atoms. The molecular formula is C25H23N3O2. The smallest absolute Gasteiger partial charge is 0.254 e. The molecule has 0 radical (unpaired) electrons. The van der Waals surface area contributed by atoms with Crippen LogP contribution in [-0.2, 0) is 6.54 Å². The van der Waals surface area contributed by atoms with Crippen molar-refractivity contribution in [2.24, 2.45) is 0 Å². The van der Waals surface area contributed by atoms with Crippen LogP contribution in [0.2, 0.25) is 0 Å². The van der Waals surface area contributed by atoms with E-state index in [1.165, 1.54) is 0 Å². The van der Waals surface area contributed by atoms with Crippen molar-refractivity contribution in [1.82, 2.24) is 9.88 Å². The minimum Gasteiger partial charge on any atom is -0.497 e. The molecular weight excluding hydrogens is 374 g/mol. The Morgan fingerprint density at radius 3 is 2.40 bits per heavy atom. The fraction of sp³-hybridized carbons (Fsp3) is 0.120. The van der Waals surface area contributed by atoms with Crippen molar-refractivity contribution >= 4 is 28.3 Å². The quantitative estimate of drug-likeness (QED) is 0.482. The van der Waals surface area contributed by atoms with Crippen LogP contribution in [0.15, 0.2) is 84.9 Å². The summed E-state index contributed by atoms with van der Waals surface area (Å²) in [5.41, 5.74) is 3.35. The van der Waals surface area contributed by atoms with Gasteiger partial charge in [-0.1, -0.05) is 48.5 Å². The number of nitrogens with one attached hydrogen (secondary N) is 1. The number of nitrogens with zero attached hydrogens (tertiary/aromatic N) is 2. The predicted octanol–water partition coefficient (Wildman–Crippen LogP) is 5.26. The van der Waals surface area contributed by atoms with Crippen molar-refractivity contribution in [3.8, 4) is 5.75 Å². The minimum absolute atomic E-state index is 0.0461. The molecule has 1 N–H and O–H groups in total. The number of anilines is 2. The van der Waals surface area contributed by atoms with Gasteiger partial charge < -0.3 is 15.0 Å². The Bertz CT molecular complexity index is 1160. The number of hydrogen-bond donors (Lipinski definition) is 1. The van der Waals surface area contributed by atoms with Crippen LogP contribution >= 0.6 is 0 Å². The van der Waals surface area contributed by atoms with Crippen molar-refractivity contribution in [2.45, 2.75) is 6.54 Å². The molecule has 150 valence electrons. The van der Waals surface area contributed by atoms with E-state index < -0.39 is 0 Å². The fourth-order valence-corrected chi connectivity index (χ4v) is 3.37. The molecule has 30 heavy (non-hydrogen) atoms. The van der Waals surface area contributed by atoms with Gasteiger partial charge in [0, 0.05) is 24.7 Å². The number of carbonyl (C=O) groups excluding carboxylic acids is 1. The van der Waals surface area contributed by atoms with Gasteiger partial charge in [-0.05, 0) is 42.0 Å². The average molecular weight is 397 g/mol. The van der Waals surface area contributed by atoms with Gasteiger partial charge >= 0.3 is 0 Å². The Kier molecular flexibility index (Phi) is 5.61. The Morgan fingerprint density at radius 2 is 1.67 bits per heavy atom. The summed E-state index contributed by atoms with van der Waals surface area (Å²) in [6.07, 6.45) is 0. The first-order valence-electron chi connectivity index (χ1n) is 9.74. The predicted molar refractivity (Wildman–Crippen MR) is 120 cm³/mol. The van der Waals surface area contributed by atoms with E-state index in [1.807, 2.05) is 92.0 Å². The van der Waals surface area contributed by atoms with Gasteiger partial charge in [0.05, 0.1) is 18.2 Å². The van der Waals surface area contributed by atoms with Crippen LogP contribution in [0.4, 0.5) is 11.5 Å². The molecule has 4 aromatic rings. The number of pyridine rings is 1. The maximum atomic E-state index is 13.3. The summed E-state index contributed by atoms with van der Waals surface area (Å²) in [6, 6.07) is 27.1. The van der Waals surface area contributed by atoms with Crippen molar-refractivity contribution in [3.05, 3.63) is 96.1 Å². The molecule has 0 aliphatic rings. The molecule has 0 saturated carbocycles. The first kappa shape index (κ1) is 19.5. The summed E-state index contributed by atoms with van der Waals surface area (Å²) in [5.74, 6) is 1.36. The fourth-order valence-electron chi connectivity index (χ4n) is 3.37. The van der Waals surface area contributed by atoms with Crippen LogP contribution in [0.5, 0.6) is 5.75 Å². The summed E-state index contributed by atoms with van der Waals surface area (Å²) in [6.45, 7) is 0.539. The van der Waals surface area contributed by atoms with Gasteiger partial charge in [-0.25, -0.2) is 4.98 Å². The number of aromatic nitrogens is 1. The zero-order chi connectivity index (χ0) is 20.9. The van der Waals surface area contributed by atoms with Gasteiger partial charge in [-0.15, -0.1) is 0 Å². The van der Waals surface area contributed by atoms with Crippen LogP contribution in [0.25, 0.3) is 10.9 Å². The van der Waals surface area contributed by atoms with Gasteiger partial charge in [0.25, 0.3) is 5.91 Å². The number of carbonyl (C=O) groups is 1. The summed E-state index contributed by atoms with van der Waals surface area (Å²) < 4.78 is 5.21. The Labute approximate surface area is 175 Å². The second kappa shape index (κ2) is 8.66. The summed E-state index contributed by atoms with van der Waals surface area (Å²) >= 11 is 0. The van der Waals surface area contributed by atoms with Gasteiger partial charge in [0.15, 0.2) is 0 Å². The van der Waals surface area contributed by atoms with Crippen molar-refractivity contribution in [1.29, 1.82) is 0 Å². The molecule has 4 rings (SSSR count). The summed E-state index contributed by atoms with van der Waals surface area (Å²) in [4.78, 5) is 19.7. The first-order valence-corrected chi connectivity index (χ1v) is 9.74. The zero-order valence-corrected chi connectivity index (χ0v) is 17.0. The molecule has 1 amide bonds. The lowest BCUT2D eigenvalue weighted by molar-refractivity contribution is 0.0787. The number of methoxy groups -OCH3 is 1. The van der Waals surface area contributed by atoms with Crippen molar-refractivity contribution in [2.75, 3.05) is 19.5 Å². The number of fused-ring (bicyclic) bond motifs is 1. The van der Waals surface area contributed by atoms with Crippen LogP contribution in [0.3, 0.4) is 0 Å². The Morgan fingerprint density at radius 1 is 0.967 bits per heavy atom. The number of rotatable bonds is 6. The SMILES string of the molecule is COc1ccc(Nc2cc(C(=O)N(C)Cc3ccccc3)c3ccccc3n2)cc1. The van der Waals surface area contributed by atoms with Gasteiger partial charge in [-0.3, -0.25) is 4.79 Å². The highest BCUT2D eigenvalue weighted by molar-refractivity contribution is 6.07. The standard InChI is InChI=1S/C25H23N3O2/c1-28(17-18-8-4-3-5-9-18)25(29)22-16-24(27-23-11-7-6-10-21(22)23)26-19-12-14-20(30-2)15-13-19/h3-16H,17H2,1-2H3,(H,26,27). The molecule has 0 aliphatic carbocycles. The van der Waals surface area contributed by atoms with E-state index >= 15 is 0 Å². The highest BCUT2D eigenvalue weighted by Crippen LogP contribution is 2.25. The van der Waals surface area contributed by atoms with Gasteiger partial charge in [0.1, 0.15) is 11.6 Å². The molecule has 0 aliphatic heterocycles. The Balaban J connectivity index is 1.66. The zero-order valence-electron chi connectivity index (χ0n) is 17.0. The number of ether oxygens (including phenoxy) is 1. The minimum atomic E-state index is -0.0461. The van der Waals surface area contributed by atoms with Crippen molar-refractivity contribution in [3.63, 3.8) is 0 Å². The molecule has 1 heterocycles. The molecule has 5 nitrogen and oxygen atoms in total. The molecule has 0 saturated heterocycles. The van der Waals surface area contributed by atoms with E-state index in [-0.39, 0.29) is 5.91 Å². The second-order valence-electron chi connectivity index (χ2n) is 7.07. The molecule has 5 heteroatoms. The van der Waals surface area contributed by atoms with Crippen LogP contribution in [0.1, 0.15) is 15.9 Å². The van der Waals surface area contributed by atoms with Crippen LogP contribution in [-0.4, -0.2) is 29.9 Å². The monoisotopic (exact) mass is 397 g/mol. The van der Waals surface area contributed by atoms with E-state index in [0.29, 0.717) is 17.9 Å². The van der Waals surface area contributed by atoms with E-state index in [1.54, 1.807) is 12.0 Å². The van der Waals surface area contributed by atoms with Crippen molar-refractivity contribution < 1.29 is 9.53 Å². The van der Waals surface area contributed by atoms with Crippen LogP contribution < -0.4 is 10.1 Å². The lowest BCUT2D eigenvalue weighted by atomic mass is 10.1. The molecule has 0 spiro atoms. The molecule has 0 atom stereocenters. The summed E-state index contributed by atoms with van der Waals surface area (Å²) in [7, 11) is 3.46. The lowest BCUT2D eigenvalue weighted by Gasteiger charge is -2.19. The van der Waals surface area contributed by atoms with E-state index in [4.69, 9.17) is 4.74 Å². The third-order valence-corrected chi connectivity index (χ3v) is 4.92.